The number of nitrogens with zero attached hydrogens (tertiary/aromatic N) is 1. The van der Waals surface area contributed by atoms with E-state index in [9.17, 15) is 8.42 Å². The lowest BCUT2D eigenvalue weighted by Crippen LogP contribution is -2.46. The number of nitrogens with one attached hydrogen (secondary N) is 1. The van der Waals surface area contributed by atoms with Gasteiger partial charge in [0, 0.05) is 19.1 Å². The van der Waals surface area contributed by atoms with Gasteiger partial charge >= 0.3 is 0 Å². The zero-order chi connectivity index (χ0) is 14.6. The van der Waals surface area contributed by atoms with Crippen LogP contribution in [0.2, 0.25) is 0 Å². The van der Waals surface area contributed by atoms with Crippen molar-refractivity contribution in [1.82, 2.24) is 9.62 Å². The van der Waals surface area contributed by atoms with E-state index in [1.165, 1.54) is 11.3 Å². The topological polar surface area (TPSA) is 49.4 Å². The zero-order valence-corrected chi connectivity index (χ0v) is 13.8. The monoisotopic (exact) mass is 316 g/mol. The highest BCUT2D eigenvalue weighted by molar-refractivity contribution is 7.91. The first-order chi connectivity index (χ1) is 9.55. The van der Waals surface area contributed by atoms with Crippen molar-refractivity contribution in [3.8, 4) is 0 Å². The second-order valence-electron chi connectivity index (χ2n) is 5.44. The van der Waals surface area contributed by atoms with Crippen molar-refractivity contribution in [3.05, 3.63) is 17.5 Å². The van der Waals surface area contributed by atoms with Crippen molar-refractivity contribution >= 4 is 21.4 Å². The van der Waals surface area contributed by atoms with Gasteiger partial charge in [-0.05, 0) is 50.1 Å². The van der Waals surface area contributed by atoms with E-state index in [0.717, 1.165) is 25.8 Å². The van der Waals surface area contributed by atoms with Gasteiger partial charge in [0.25, 0.3) is 10.0 Å². The molecule has 1 fully saturated rings. The van der Waals surface area contributed by atoms with E-state index in [1.807, 2.05) is 5.38 Å². The average molecular weight is 316 g/mol. The first-order valence-corrected chi connectivity index (χ1v) is 9.64. The molecule has 1 aromatic heterocycles. The molecule has 1 aliphatic heterocycles. The highest BCUT2D eigenvalue weighted by Gasteiger charge is 2.32. The largest absolute Gasteiger partial charge is 0.314 e. The summed E-state index contributed by atoms with van der Waals surface area (Å²) in [5, 5.41) is 5.31. The Hall–Kier alpha value is -0.430. The normalized spacial score (nSPS) is 22.8. The molecule has 6 heteroatoms. The highest BCUT2D eigenvalue weighted by Crippen LogP contribution is 2.27. The van der Waals surface area contributed by atoms with E-state index in [1.54, 1.807) is 16.4 Å². The minimum Gasteiger partial charge on any atom is -0.314 e. The molecule has 0 spiro atoms. The maximum absolute atomic E-state index is 12.5. The van der Waals surface area contributed by atoms with Gasteiger partial charge in [0.05, 0.1) is 0 Å². The van der Waals surface area contributed by atoms with Gasteiger partial charge in [-0.25, -0.2) is 8.42 Å². The van der Waals surface area contributed by atoms with E-state index in [-0.39, 0.29) is 0 Å². The van der Waals surface area contributed by atoms with Crippen molar-refractivity contribution in [2.45, 2.75) is 43.4 Å². The summed E-state index contributed by atoms with van der Waals surface area (Å²) in [6.07, 6.45) is 3.16. The van der Waals surface area contributed by atoms with Gasteiger partial charge in [-0.3, -0.25) is 0 Å². The number of piperidine rings is 1. The van der Waals surface area contributed by atoms with Gasteiger partial charge < -0.3 is 5.32 Å². The summed E-state index contributed by atoms with van der Waals surface area (Å²) in [5.41, 5.74) is 0. The zero-order valence-electron chi connectivity index (χ0n) is 12.2. The Balaban J connectivity index is 2.03. The Labute approximate surface area is 126 Å². The van der Waals surface area contributed by atoms with E-state index < -0.39 is 10.0 Å². The second-order valence-corrected chi connectivity index (χ2v) is 8.55. The summed E-state index contributed by atoms with van der Waals surface area (Å²) in [6, 6.07) is 3.86. The summed E-state index contributed by atoms with van der Waals surface area (Å²) in [5.74, 6) is 0.407. The molecule has 2 unspecified atom stereocenters. The molecule has 1 saturated heterocycles. The molecule has 0 aromatic carbocycles. The van der Waals surface area contributed by atoms with E-state index in [4.69, 9.17) is 0 Å². The fourth-order valence-corrected chi connectivity index (χ4v) is 5.36. The SMILES string of the molecule is CCCNC(C)C1CCCN(S(=O)(=O)c2cccs2)C1. The van der Waals surface area contributed by atoms with Crippen molar-refractivity contribution in [1.29, 1.82) is 0 Å². The molecular weight excluding hydrogens is 292 g/mol. The van der Waals surface area contributed by atoms with Gasteiger partial charge in [0.1, 0.15) is 4.21 Å². The third-order valence-electron chi connectivity index (χ3n) is 3.93. The standard InChI is InChI=1S/C14H24N2O2S2/c1-3-8-15-12(2)13-6-4-9-16(11-13)20(17,18)14-7-5-10-19-14/h5,7,10,12-13,15H,3-4,6,8-9,11H2,1-2H3. The van der Waals surface area contributed by atoms with Crippen molar-refractivity contribution in [2.75, 3.05) is 19.6 Å². The molecule has 2 rings (SSSR count). The minimum absolute atomic E-state index is 0.372. The summed E-state index contributed by atoms with van der Waals surface area (Å²) < 4.78 is 27.2. The van der Waals surface area contributed by atoms with Gasteiger partial charge in [0.15, 0.2) is 0 Å². The van der Waals surface area contributed by atoms with Crippen LogP contribution in [0.5, 0.6) is 0 Å². The van der Waals surface area contributed by atoms with Gasteiger partial charge in [-0.15, -0.1) is 11.3 Å². The van der Waals surface area contributed by atoms with Gasteiger partial charge in [-0.2, -0.15) is 4.31 Å². The van der Waals surface area contributed by atoms with Crippen LogP contribution in [-0.4, -0.2) is 38.4 Å². The number of hydrogen-bond donors (Lipinski definition) is 1. The van der Waals surface area contributed by atoms with Crippen molar-refractivity contribution in [3.63, 3.8) is 0 Å². The molecule has 1 aliphatic rings. The maximum atomic E-state index is 12.5. The van der Waals surface area contributed by atoms with Crippen LogP contribution in [0.1, 0.15) is 33.1 Å². The van der Waals surface area contributed by atoms with E-state index >= 15 is 0 Å². The predicted molar refractivity (Wildman–Crippen MR) is 83.6 cm³/mol. The van der Waals surface area contributed by atoms with Crippen LogP contribution in [-0.2, 0) is 10.0 Å². The molecule has 2 atom stereocenters. The molecule has 0 saturated carbocycles. The third kappa shape index (κ3) is 3.61. The van der Waals surface area contributed by atoms with Crippen molar-refractivity contribution in [2.24, 2.45) is 5.92 Å². The lowest BCUT2D eigenvalue weighted by Gasteiger charge is -2.35. The summed E-state index contributed by atoms with van der Waals surface area (Å²) in [6.45, 7) is 6.60. The third-order valence-corrected chi connectivity index (χ3v) is 7.17. The van der Waals surface area contributed by atoms with E-state index in [0.29, 0.717) is 29.3 Å². The van der Waals surface area contributed by atoms with Crippen LogP contribution in [0, 0.1) is 5.92 Å². The Kier molecular flexibility index (Phi) is 5.60. The molecule has 0 aliphatic carbocycles. The van der Waals surface area contributed by atoms with Gasteiger partial charge in [-0.1, -0.05) is 13.0 Å². The van der Waals surface area contributed by atoms with E-state index in [2.05, 4.69) is 19.2 Å². The molecule has 2 heterocycles. The molecule has 4 nitrogen and oxygen atoms in total. The van der Waals surface area contributed by atoms with Crippen LogP contribution >= 0.6 is 11.3 Å². The maximum Gasteiger partial charge on any atom is 0.252 e. The molecule has 20 heavy (non-hydrogen) atoms. The number of thiophene rings is 1. The summed E-state index contributed by atoms with van der Waals surface area (Å²) in [4.78, 5) is 0. The minimum atomic E-state index is -3.28. The van der Waals surface area contributed by atoms with Crippen LogP contribution in [0.25, 0.3) is 0 Å². The molecule has 0 radical (unpaired) electrons. The fourth-order valence-electron chi connectivity index (χ4n) is 2.68. The fraction of sp³-hybridized carbons (Fsp3) is 0.714. The smallest absolute Gasteiger partial charge is 0.252 e. The van der Waals surface area contributed by atoms with Crippen LogP contribution < -0.4 is 5.32 Å². The van der Waals surface area contributed by atoms with Gasteiger partial charge in [0.2, 0.25) is 0 Å². The molecule has 0 amide bonds. The van der Waals surface area contributed by atoms with Crippen LogP contribution in [0.4, 0.5) is 0 Å². The number of hydrogen-bond acceptors (Lipinski definition) is 4. The Bertz CT molecular complexity index is 499. The first kappa shape index (κ1) is 15.9. The molecule has 1 aromatic rings. The number of rotatable bonds is 6. The van der Waals surface area contributed by atoms with Crippen LogP contribution in [0.15, 0.2) is 21.7 Å². The molecule has 0 bridgehead atoms. The van der Waals surface area contributed by atoms with Crippen LogP contribution in [0.3, 0.4) is 0 Å². The lowest BCUT2D eigenvalue weighted by molar-refractivity contribution is 0.224. The first-order valence-electron chi connectivity index (χ1n) is 7.32. The Morgan fingerprint density at radius 1 is 1.55 bits per heavy atom. The molecule has 114 valence electrons. The van der Waals surface area contributed by atoms with Crippen molar-refractivity contribution < 1.29 is 8.42 Å². The Morgan fingerprint density at radius 3 is 3.00 bits per heavy atom. The number of sulfonamides is 1. The molecule has 1 N–H and O–H groups in total. The quantitative estimate of drug-likeness (QED) is 0.877. The predicted octanol–water partition coefficient (Wildman–Crippen LogP) is 2.54. The summed E-state index contributed by atoms with van der Waals surface area (Å²) in [7, 11) is -3.28. The second kappa shape index (κ2) is 7.02. The Morgan fingerprint density at radius 2 is 2.35 bits per heavy atom. The molecular formula is C14H24N2O2S2. The highest BCUT2D eigenvalue weighted by atomic mass is 32.2. The average Bonchev–Trinajstić information content (AvgIpc) is 2.99. The lowest BCUT2D eigenvalue weighted by atomic mass is 9.93. The summed E-state index contributed by atoms with van der Waals surface area (Å²) >= 11 is 1.30.